The number of hydrogen-bond donors (Lipinski definition) is 2. The molecule has 4 heteroatoms. The van der Waals surface area contributed by atoms with Crippen LogP contribution in [0.2, 0.25) is 0 Å². The lowest BCUT2D eigenvalue weighted by Gasteiger charge is -2.11. The normalized spacial score (nSPS) is 12.5. The second kappa shape index (κ2) is 5.92. The first-order valence-electron chi connectivity index (χ1n) is 6.92. The van der Waals surface area contributed by atoms with Crippen molar-refractivity contribution in [2.24, 2.45) is 0 Å². The molecule has 1 unspecified atom stereocenters. The van der Waals surface area contributed by atoms with E-state index in [0.717, 1.165) is 26.8 Å². The van der Waals surface area contributed by atoms with Crippen LogP contribution in [0.5, 0.6) is 0 Å². The Bertz CT molecular complexity index is 764. The van der Waals surface area contributed by atoms with Crippen molar-refractivity contribution >= 4 is 38.2 Å². The Balaban J connectivity index is 2.00. The number of rotatable bonds is 4. The van der Waals surface area contributed by atoms with E-state index in [9.17, 15) is 5.11 Å². The van der Waals surface area contributed by atoms with Crippen LogP contribution in [-0.2, 0) is 6.54 Å². The molecule has 1 aromatic heterocycles. The summed E-state index contributed by atoms with van der Waals surface area (Å²) >= 11 is 3.55. The maximum atomic E-state index is 9.58. The van der Waals surface area contributed by atoms with Crippen LogP contribution in [-0.4, -0.2) is 15.8 Å². The summed E-state index contributed by atoms with van der Waals surface area (Å²) in [7, 11) is 0. The van der Waals surface area contributed by atoms with Crippen molar-refractivity contribution in [2.75, 3.05) is 5.32 Å². The van der Waals surface area contributed by atoms with Crippen LogP contribution < -0.4 is 5.32 Å². The number of aromatic nitrogens is 1. The van der Waals surface area contributed by atoms with Crippen LogP contribution >= 0.6 is 15.9 Å². The van der Waals surface area contributed by atoms with Gasteiger partial charge < -0.3 is 15.0 Å². The maximum absolute atomic E-state index is 9.58. The summed E-state index contributed by atoms with van der Waals surface area (Å²) in [6.45, 7) is 2.40. The Morgan fingerprint density at radius 1 is 1.10 bits per heavy atom. The van der Waals surface area contributed by atoms with E-state index in [1.807, 2.05) is 36.5 Å². The lowest BCUT2D eigenvalue weighted by Crippen LogP contribution is -2.10. The molecule has 1 heterocycles. The molecule has 2 N–H and O–H groups in total. The lowest BCUT2D eigenvalue weighted by atomic mass is 10.2. The van der Waals surface area contributed by atoms with Gasteiger partial charge in [-0.3, -0.25) is 0 Å². The van der Waals surface area contributed by atoms with Crippen LogP contribution in [0.1, 0.15) is 6.92 Å². The van der Waals surface area contributed by atoms with E-state index in [4.69, 9.17) is 0 Å². The van der Waals surface area contributed by atoms with E-state index >= 15 is 0 Å². The smallest absolute Gasteiger partial charge is 0.0691 e. The summed E-state index contributed by atoms with van der Waals surface area (Å²) in [5, 5.41) is 14.2. The zero-order valence-electron chi connectivity index (χ0n) is 11.8. The average Bonchev–Trinajstić information content (AvgIpc) is 2.85. The average molecular weight is 345 g/mol. The van der Waals surface area contributed by atoms with Crippen LogP contribution in [0.4, 0.5) is 11.4 Å². The minimum absolute atomic E-state index is 0.361. The molecular weight excluding hydrogens is 328 g/mol. The fraction of sp³-hybridized carbons (Fsp3) is 0.176. The molecule has 0 amide bonds. The van der Waals surface area contributed by atoms with Gasteiger partial charge in [0.05, 0.1) is 17.3 Å². The molecule has 21 heavy (non-hydrogen) atoms. The maximum Gasteiger partial charge on any atom is 0.0691 e. The quantitative estimate of drug-likeness (QED) is 0.729. The van der Waals surface area contributed by atoms with Crippen LogP contribution in [0.25, 0.3) is 10.9 Å². The molecule has 108 valence electrons. The Morgan fingerprint density at radius 2 is 1.86 bits per heavy atom. The molecule has 0 aliphatic rings. The molecule has 0 aliphatic carbocycles. The van der Waals surface area contributed by atoms with Gasteiger partial charge in [-0.1, -0.05) is 18.2 Å². The molecule has 0 bridgehead atoms. The Hall–Kier alpha value is -1.78. The van der Waals surface area contributed by atoms with Crippen molar-refractivity contribution in [3.63, 3.8) is 0 Å². The van der Waals surface area contributed by atoms with Crippen molar-refractivity contribution in [3.05, 3.63) is 59.2 Å². The minimum atomic E-state index is -0.361. The lowest BCUT2D eigenvalue weighted by molar-refractivity contribution is 0.175. The van der Waals surface area contributed by atoms with Gasteiger partial charge in [0.1, 0.15) is 0 Å². The Morgan fingerprint density at radius 3 is 2.62 bits per heavy atom. The van der Waals surface area contributed by atoms with E-state index in [1.54, 1.807) is 6.92 Å². The SMILES string of the molecule is CC(O)Cn1ccc2c(Nc3ccccc3Br)cccc21. The monoisotopic (exact) mass is 344 g/mol. The van der Waals surface area contributed by atoms with Crippen molar-refractivity contribution in [1.82, 2.24) is 4.57 Å². The van der Waals surface area contributed by atoms with Gasteiger partial charge in [0.2, 0.25) is 0 Å². The van der Waals surface area contributed by atoms with Crippen molar-refractivity contribution in [2.45, 2.75) is 19.6 Å². The van der Waals surface area contributed by atoms with E-state index in [1.165, 1.54) is 0 Å². The zero-order valence-corrected chi connectivity index (χ0v) is 13.3. The molecule has 0 radical (unpaired) electrons. The predicted octanol–water partition coefficient (Wildman–Crippen LogP) is 4.53. The predicted molar refractivity (Wildman–Crippen MR) is 91.0 cm³/mol. The third kappa shape index (κ3) is 2.96. The fourth-order valence-corrected chi connectivity index (χ4v) is 2.87. The van der Waals surface area contributed by atoms with E-state index < -0.39 is 0 Å². The highest BCUT2D eigenvalue weighted by Gasteiger charge is 2.08. The first-order chi connectivity index (χ1) is 10.1. The number of halogens is 1. The molecule has 2 aromatic carbocycles. The number of hydrogen-bond acceptors (Lipinski definition) is 2. The zero-order chi connectivity index (χ0) is 14.8. The molecule has 0 aliphatic heterocycles. The number of benzene rings is 2. The fourth-order valence-electron chi connectivity index (χ4n) is 2.48. The first-order valence-corrected chi connectivity index (χ1v) is 7.72. The summed E-state index contributed by atoms with van der Waals surface area (Å²) in [5.74, 6) is 0. The molecule has 3 rings (SSSR count). The third-order valence-corrected chi connectivity index (χ3v) is 4.11. The van der Waals surface area contributed by atoms with Crippen LogP contribution in [0.3, 0.4) is 0 Å². The summed E-state index contributed by atoms with van der Waals surface area (Å²) < 4.78 is 3.11. The number of aliphatic hydroxyl groups is 1. The number of nitrogens with one attached hydrogen (secondary N) is 1. The Kier molecular flexibility index (Phi) is 3.99. The van der Waals surface area contributed by atoms with Crippen LogP contribution in [0, 0.1) is 0 Å². The molecule has 0 spiro atoms. The van der Waals surface area contributed by atoms with Crippen molar-refractivity contribution < 1.29 is 5.11 Å². The van der Waals surface area contributed by atoms with Gasteiger partial charge in [-0.25, -0.2) is 0 Å². The van der Waals surface area contributed by atoms with Gasteiger partial charge in [0, 0.05) is 28.3 Å². The molecule has 0 saturated carbocycles. The highest BCUT2D eigenvalue weighted by atomic mass is 79.9. The van der Waals surface area contributed by atoms with E-state index in [0.29, 0.717) is 6.54 Å². The van der Waals surface area contributed by atoms with Crippen molar-refractivity contribution in [3.8, 4) is 0 Å². The van der Waals surface area contributed by atoms with Gasteiger partial charge >= 0.3 is 0 Å². The number of nitrogens with zero attached hydrogens (tertiary/aromatic N) is 1. The molecule has 3 aromatic rings. The second-order valence-electron chi connectivity index (χ2n) is 5.16. The van der Waals surface area contributed by atoms with Crippen molar-refractivity contribution in [1.29, 1.82) is 0 Å². The number of aliphatic hydroxyl groups excluding tert-OH is 1. The molecular formula is C17H17BrN2O. The highest BCUT2D eigenvalue weighted by Crippen LogP contribution is 2.30. The molecule has 3 nitrogen and oxygen atoms in total. The van der Waals surface area contributed by atoms with Crippen LogP contribution in [0.15, 0.2) is 59.2 Å². The summed E-state index contributed by atoms with van der Waals surface area (Å²) in [6.07, 6.45) is 1.66. The summed E-state index contributed by atoms with van der Waals surface area (Å²) in [4.78, 5) is 0. The molecule has 0 fully saturated rings. The highest BCUT2D eigenvalue weighted by molar-refractivity contribution is 9.10. The topological polar surface area (TPSA) is 37.2 Å². The number of fused-ring (bicyclic) bond motifs is 1. The van der Waals surface area contributed by atoms with Gasteiger partial charge in [-0.05, 0) is 53.2 Å². The molecule has 0 saturated heterocycles. The third-order valence-electron chi connectivity index (χ3n) is 3.42. The van der Waals surface area contributed by atoms with E-state index in [-0.39, 0.29) is 6.10 Å². The second-order valence-corrected chi connectivity index (χ2v) is 6.01. The largest absolute Gasteiger partial charge is 0.392 e. The number of para-hydroxylation sites is 1. The van der Waals surface area contributed by atoms with Gasteiger partial charge in [0.15, 0.2) is 0 Å². The van der Waals surface area contributed by atoms with Gasteiger partial charge in [-0.2, -0.15) is 0 Å². The summed E-state index contributed by atoms with van der Waals surface area (Å²) in [6, 6.07) is 16.3. The standard InChI is InChI=1S/C17H17BrN2O/c1-12(21)11-20-10-9-13-15(7-4-8-17(13)20)19-16-6-3-2-5-14(16)18/h2-10,12,19,21H,11H2,1H3. The molecule has 1 atom stereocenters. The first kappa shape index (κ1) is 14.2. The summed E-state index contributed by atoms with van der Waals surface area (Å²) in [5.41, 5.74) is 3.21. The van der Waals surface area contributed by atoms with Gasteiger partial charge in [0.25, 0.3) is 0 Å². The number of anilines is 2. The Labute approximate surface area is 132 Å². The minimum Gasteiger partial charge on any atom is -0.392 e. The van der Waals surface area contributed by atoms with E-state index in [2.05, 4.69) is 44.0 Å². The van der Waals surface area contributed by atoms with Gasteiger partial charge in [-0.15, -0.1) is 0 Å².